The van der Waals surface area contributed by atoms with Gasteiger partial charge in [0.25, 0.3) is 0 Å². The van der Waals surface area contributed by atoms with E-state index in [0.717, 1.165) is 17.9 Å². The van der Waals surface area contributed by atoms with Crippen molar-refractivity contribution in [2.45, 2.75) is 26.3 Å². The van der Waals surface area contributed by atoms with Crippen LogP contribution in [0, 0.1) is 5.92 Å². The molecule has 0 saturated carbocycles. The van der Waals surface area contributed by atoms with Crippen molar-refractivity contribution in [3.05, 3.63) is 24.4 Å². The van der Waals surface area contributed by atoms with Crippen molar-refractivity contribution in [2.24, 2.45) is 11.7 Å². The molecule has 2 heterocycles. The van der Waals surface area contributed by atoms with Crippen molar-refractivity contribution < 1.29 is 0 Å². The molecule has 0 radical (unpaired) electrons. The zero-order valence-corrected chi connectivity index (χ0v) is 8.96. The Morgan fingerprint density at radius 1 is 1.40 bits per heavy atom. The van der Waals surface area contributed by atoms with E-state index in [2.05, 4.69) is 29.0 Å². The quantitative estimate of drug-likeness (QED) is 0.798. The van der Waals surface area contributed by atoms with Crippen molar-refractivity contribution in [2.75, 3.05) is 0 Å². The largest absolute Gasteiger partial charge is 0.327 e. The van der Waals surface area contributed by atoms with Gasteiger partial charge in [0.15, 0.2) is 5.65 Å². The van der Waals surface area contributed by atoms with E-state index in [1.165, 1.54) is 0 Å². The van der Waals surface area contributed by atoms with Crippen LogP contribution in [0.4, 0.5) is 0 Å². The minimum absolute atomic E-state index is 0.116. The van der Waals surface area contributed by atoms with Crippen molar-refractivity contribution in [3.63, 3.8) is 0 Å². The lowest BCUT2D eigenvalue weighted by atomic mass is 10.0. The Morgan fingerprint density at radius 3 is 2.93 bits per heavy atom. The number of fused-ring (bicyclic) bond motifs is 1. The third-order valence-corrected chi connectivity index (χ3v) is 2.56. The molecule has 1 unspecified atom stereocenters. The molecule has 0 aliphatic heterocycles. The van der Waals surface area contributed by atoms with Crippen LogP contribution in [0.1, 0.15) is 19.7 Å². The summed E-state index contributed by atoms with van der Waals surface area (Å²) in [7, 11) is 0. The van der Waals surface area contributed by atoms with Gasteiger partial charge in [0.05, 0.1) is 6.20 Å². The minimum Gasteiger partial charge on any atom is -0.327 e. The number of hydrogen-bond donors (Lipinski definition) is 1. The van der Waals surface area contributed by atoms with Crippen molar-refractivity contribution in [1.29, 1.82) is 0 Å². The van der Waals surface area contributed by atoms with Crippen LogP contribution in [0.3, 0.4) is 0 Å². The van der Waals surface area contributed by atoms with E-state index in [4.69, 9.17) is 5.73 Å². The number of nitrogens with zero attached hydrogens (tertiary/aromatic N) is 4. The predicted molar refractivity (Wildman–Crippen MR) is 57.3 cm³/mol. The fraction of sp³-hybridized carbons (Fsp3) is 0.500. The highest BCUT2D eigenvalue weighted by atomic mass is 15.2. The lowest BCUT2D eigenvalue weighted by Gasteiger charge is -2.13. The molecule has 0 amide bonds. The van der Waals surface area contributed by atoms with Gasteiger partial charge in [-0.05, 0) is 5.92 Å². The van der Waals surface area contributed by atoms with Crippen LogP contribution >= 0.6 is 0 Å². The summed E-state index contributed by atoms with van der Waals surface area (Å²) in [5.41, 5.74) is 6.77. The summed E-state index contributed by atoms with van der Waals surface area (Å²) in [6.07, 6.45) is 6.01. The Balaban J connectivity index is 2.29. The summed E-state index contributed by atoms with van der Waals surface area (Å²) in [5, 5.41) is 8.14. The van der Waals surface area contributed by atoms with Gasteiger partial charge in [-0.1, -0.05) is 13.8 Å². The number of rotatable bonds is 3. The van der Waals surface area contributed by atoms with Gasteiger partial charge in [-0.2, -0.15) is 0 Å². The Bertz CT molecular complexity index is 448. The molecule has 0 fully saturated rings. The summed E-state index contributed by atoms with van der Waals surface area (Å²) in [4.78, 5) is 3.99. The molecule has 0 bridgehead atoms. The average molecular weight is 205 g/mol. The molecule has 5 heteroatoms. The summed E-state index contributed by atoms with van der Waals surface area (Å²) in [6, 6.07) is 0.116. The van der Waals surface area contributed by atoms with Gasteiger partial charge in [-0.15, -0.1) is 10.2 Å². The lowest BCUT2D eigenvalue weighted by Crippen LogP contribution is -2.29. The molecule has 2 aromatic heterocycles. The van der Waals surface area contributed by atoms with Crippen LogP contribution in [0.15, 0.2) is 18.6 Å². The minimum atomic E-state index is 0.116. The van der Waals surface area contributed by atoms with Gasteiger partial charge >= 0.3 is 0 Å². The zero-order chi connectivity index (χ0) is 10.8. The molecule has 80 valence electrons. The SMILES string of the molecule is CC(C)C(N)Cc1nnc2cnccn12. The van der Waals surface area contributed by atoms with Crippen molar-refractivity contribution in [1.82, 2.24) is 19.6 Å². The Morgan fingerprint density at radius 2 is 2.20 bits per heavy atom. The molecular formula is C10H15N5. The number of aromatic nitrogens is 4. The highest BCUT2D eigenvalue weighted by Gasteiger charge is 2.12. The average Bonchev–Trinajstić information content (AvgIpc) is 2.62. The predicted octanol–water partition coefficient (Wildman–Crippen LogP) is 0.650. The number of nitrogens with two attached hydrogens (primary N) is 1. The van der Waals surface area contributed by atoms with E-state index in [-0.39, 0.29) is 6.04 Å². The summed E-state index contributed by atoms with van der Waals surface area (Å²) >= 11 is 0. The first-order valence-corrected chi connectivity index (χ1v) is 5.07. The van der Waals surface area contributed by atoms with Gasteiger partial charge in [0.2, 0.25) is 0 Å². The van der Waals surface area contributed by atoms with Crippen LogP contribution in [0.2, 0.25) is 0 Å². The van der Waals surface area contributed by atoms with E-state index in [1.807, 2.05) is 10.6 Å². The molecule has 2 N–H and O–H groups in total. The fourth-order valence-corrected chi connectivity index (χ4v) is 1.39. The number of hydrogen-bond acceptors (Lipinski definition) is 4. The second kappa shape index (κ2) is 3.94. The monoisotopic (exact) mass is 205 g/mol. The highest BCUT2D eigenvalue weighted by molar-refractivity contribution is 5.33. The van der Waals surface area contributed by atoms with Crippen LogP contribution < -0.4 is 5.73 Å². The van der Waals surface area contributed by atoms with Gasteiger partial charge in [0.1, 0.15) is 5.82 Å². The smallest absolute Gasteiger partial charge is 0.179 e. The lowest BCUT2D eigenvalue weighted by molar-refractivity contribution is 0.480. The summed E-state index contributed by atoms with van der Waals surface area (Å²) < 4.78 is 1.93. The topological polar surface area (TPSA) is 69.1 Å². The van der Waals surface area contributed by atoms with Crippen molar-refractivity contribution >= 4 is 5.65 Å². The molecule has 0 aliphatic carbocycles. The van der Waals surface area contributed by atoms with Gasteiger partial charge in [-0.25, -0.2) is 0 Å². The first-order valence-electron chi connectivity index (χ1n) is 5.07. The molecule has 15 heavy (non-hydrogen) atoms. The molecule has 2 rings (SSSR count). The molecule has 0 saturated heterocycles. The van der Waals surface area contributed by atoms with Crippen LogP contribution in [0.25, 0.3) is 5.65 Å². The molecule has 5 nitrogen and oxygen atoms in total. The molecule has 1 atom stereocenters. The standard InChI is InChI=1S/C10H15N5/c1-7(2)8(11)5-9-13-14-10-6-12-3-4-15(9)10/h3-4,6-8H,5,11H2,1-2H3. The van der Waals surface area contributed by atoms with E-state index in [0.29, 0.717) is 5.92 Å². The van der Waals surface area contributed by atoms with Crippen LogP contribution in [-0.2, 0) is 6.42 Å². The van der Waals surface area contributed by atoms with E-state index >= 15 is 0 Å². The molecule has 0 spiro atoms. The molecule has 0 aromatic carbocycles. The Hall–Kier alpha value is -1.49. The second-order valence-electron chi connectivity index (χ2n) is 4.03. The third-order valence-electron chi connectivity index (χ3n) is 2.56. The summed E-state index contributed by atoms with van der Waals surface area (Å²) in [6.45, 7) is 4.21. The maximum absolute atomic E-state index is 6.00. The van der Waals surface area contributed by atoms with Gasteiger partial charge in [0, 0.05) is 24.9 Å². The molecule has 2 aromatic rings. The van der Waals surface area contributed by atoms with Gasteiger partial charge < -0.3 is 5.73 Å². The fourth-order valence-electron chi connectivity index (χ4n) is 1.39. The first kappa shape index (κ1) is 10.0. The summed E-state index contributed by atoms with van der Waals surface area (Å²) in [5.74, 6) is 1.34. The van der Waals surface area contributed by atoms with E-state index in [1.54, 1.807) is 12.4 Å². The molecular weight excluding hydrogens is 190 g/mol. The van der Waals surface area contributed by atoms with E-state index in [9.17, 15) is 0 Å². The Labute approximate surface area is 88.3 Å². The Kier molecular flexibility index (Phi) is 2.64. The van der Waals surface area contributed by atoms with E-state index < -0.39 is 0 Å². The van der Waals surface area contributed by atoms with Crippen molar-refractivity contribution in [3.8, 4) is 0 Å². The normalized spacial score (nSPS) is 13.6. The highest BCUT2D eigenvalue weighted by Crippen LogP contribution is 2.07. The van der Waals surface area contributed by atoms with Crippen LogP contribution in [-0.4, -0.2) is 25.6 Å². The first-order chi connectivity index (χ1) is 7.18. The maximum atomic E-state index is 6.00. The molecule has 0 aliphatic rings. The third kappa shape index (κ3) is 1.97. The maximum Gasteiger partial charge on any atom is 0.179 e. The second-order valence-corrected chi connectivity index (χ2v) is 4.03. The van der Waals surface area contributed by atoms with Crippen LogP contribution in [0.5, 0.6) is 0 Å². The van der Waals surface area contributed by atoms with Gasteiger partial charge in [-0.3, -0.25) is 9.38 Å². The zero-order valence-electron chi connectivity index (χ0n) is 8.96.